The fourth-order valence-corrected chi connectivity index (χ4v) is 6.34. The Balaban J connectivity index is 2.19. The minimum absolute atomic E-state index is 0.148. The first-order chi connectivity index (χ1) is 11.5. The number of fused-ring (bicyclic) bond motifs is 1. The summed E-state index contributed by atoms with van der Waals surface area (Å²) < 4.78 is 48.5. The second-order valence-electron chi connectivity index (χ2n) is 5.54. The number of amides is 1. The molecule has 1 amide bonds. The molecule has 0 aromatic carbocycles. The molecule has 132 valence electrons. The summed E-state index contributed by atoms with van der Waals surface area (Å²) in [7, 11) is -8.24. The van der Waals surface area contributed by atoms with Crippen LogP contribution in [-0.2, 0) is 29.3 Å². The lowest BCUT2D eigenvalue weighted by atomic mass is 10.0. The maximum absolute atomic E-state index is 12.5. The maximum atomic E-state index is 12.5. The van der Waals surface area contributed by atoms with Gasteiger partial charge in [0.15, 0.2) is 25.0 Å². The van der Waals surface area contributed by atoms with Crippen molar-refractivity contribution >= 4 is 37.6 Å². The molecular weight excluding hydrogens is 372 g/mol. The first-order valence-corrected chi connectivity index (χ1v) is 10.5. The molecule has 1 N–H and O–H groups in total. The van der Waals surface area contributed by atoms with E-state index in [9.17, 15) is 31.5 Å². The van der Waals surface area contributed by atoms with Crippen LogP contribution in [0.2, 0.25) is 0 Å². The summed E-state index contributed by atoms with van der Waals surface area (Å²) >= 11 is 0. The Labute approximate surface area is 143 Å². The minimum atomic E-state index is -4.12. The molecular formula is C14H12N2O7S2. The SMILES string of the molecule is CS(=O)(=O)C1=C(C(=O)O)N2C(=O)/C(=C\c3ccccn3)[C@H]2S(=O)(=O)C1. The molecule has 1 saturated heterocycles. The standard InChI is InChI=1S/C14H12N2O7S2/c1-24(20,21)10-7-25(22,23)13-9(6-8-4-2-3-5-15-8)12(17)16(13)11(10)14(18)19/h2-6,13H,7H2,1H3,(H,18,19)/b9-6+/t13-/m1/s1. The number of rotatable bonds is 3. The molecule has 0 saturated carbocycles. The maximum Gasteiger partial charge on any atom is 0.353 e. The number of carboxylic acid groups (broad SMARTS) is 1. The number of aliphatic carboxylic acids is 1. The normalized spacial score (nSPS) is 24.0. The molecule has 2 aliphatic heterocycles. The highest BCUT2D eigenvalue weighted by atomic mass is 32.2. The van der Waals surface area contributed by atoms with Gasteiger partial charge in [0.25, 0.3) is 5.91 Å². The highest BCUT2D eigenvalue weighted by molar-refractivity contribution is 7.98. The predicted molar refractivity (Wildman–Crippen MR) is 86.1 cm³/mol. The Hall–Kier alpha value is -2.53. The summed E-state index contributed by atoms with van der Waals surface area (Å²) in [6.07, 6.45) is 3.41. The Kier molecular flexibility index (Phi) is 3.80. The molecule has 0 bridgehead atoms. The van der Waals surface area contributed by atoms with Crippen molar-refractivity contribution in [3.63, 3.8) is 0 Å². The number of aromatic nitrogens is 1. The van der Waals surface area contributed by atoms with E-state index in [4.69, 9.17) is 0 Å². The summed E-state index contributed by atoms with van der Waals surface area (Å²) in [5.41, 5.74) is -0.633. The zero-order chi connectivity index (χ0) is 18.6. The lowest BCUT2D eigenvalue weighted by Gasteiger charge is -2.45. The van der Waals surface area contributed by atoms with E-state index in [0.717, 1.165) is 0 Å². The summed E-state index contributed by atoms with van der Waals surface area (Å²) in [4.78, 5) is 27.5. The van der Waals surface area contributed by atoms with Crippen molar-refractivity contribution in [3.8, 4) is 0 Å². The lowest BCUT2D eigenvalue weighted by Crippen LogP contribution is -2.62. The number of hydrogen-bond acceptors (Lipinski definition) is 7. The molecule has 2 aliphatic rings. The van der Waals surface area contributed by atoms with Crippen LogP contribution in [0, 0.1) is 0 Å². The molecule has 9 nitrogen and oxygen atoms in total. The monoisotopic (exact) mass is 384 g/mol. The molecule has 0 aliphatic carbocycles. The van der Waals surface area contributed by atoms with Crippen LogP contribution in [0.25, 0.3) is 6.08 Å². The smallest absolute Gasteiger partial charge is 0.353 e. The van der Waals surface area contributed by atoms with Crippen molar-refractivity contribution in [3.05, 3.63) is 46.3 Å². The molecule has 25 heavy (non-hydrogen) atoms. The van der Waals surface area contributed by atoms with Crippen molar-refractivity contribution < 1.29 is 31.5 Å². The number of hydrogen-bond donors (Lipinski definition) is 1. The number of carbonyl (C=O) groups is 2. The van der Waals surface area contributed by atoms with Crippen LogP contribution in [-0.4, -0.2) is 61.1 Å². The zero-order valence-electron chi connectivity index (χ0n) is 12.8. The van der Waals surface area contributed by atoms with Gasteiger partial charge < -0.3 is 5.11 Å². The van der Waals surface area contributed by atoms with Crippen molar-refractivity contribution in [2.24, 2.45) is 0 Å². The highest BCUT2D eigenvalue weighted by Gasteiger charge is 2.57. The average Bonchev–Trinajstić information content (AvgIpc) is 2.51. The molecule has 0 radical (unpaired) electrons. The molecule has 1 aromatic heterocycles. The molecule has 0 unspecified atom stereocenters. The van der Waals surface area contributed by atoms with E-state index in [-0.39, 0.29) is 5.57 Å². The van der Waals surface area contributed by atoms with Gasteiger partial charge in [-0.3, -0.25) is 14.7 Å². The van der Waals surface area contributed by atoms with Gasteiger partial charge in [-0.25, -0.2) is 21.6 Å². The highest BCUT2D eigenvalue weighted by Crippen LogP contribution is 2.41. The van der Waals surface area contributed by atoms with Gasteiger partial charge in [-0.05, 0) is 18.2 Å². The Morgan fingerprint density at radius 2 is 2.08 bits per heavy atom. The van der Waals surface area contributed by atoms with Gasteiger partial charge >= 0.3 is 5.97 Å². The van der Waals surface area contributed by atoms with E-state index in [1.807, 2.05) is 0 Å². The van der Waals surface area contributed by atoms with Crippen molar-refractivity contribution in [2.75, 3.05) is 12.0 Å². The van der Waals surface area contributed by atoms with Crippen LogP contribution in [0.3, 0.4) is 0 Å². The van der Waals surface area contributed by atoms with Gasteiger partial charge in [-0.15, -0.1) is 0 Å². The summed E-state index contributed by atoms with van der Waals surface area (Å²) in [6.45, 7) is 0. The number of carboxylic acids is 1. The fourth-order valence-electron chi connectivity index (χ4n) is 2.72. The molecule has 1 fully saturated rings. The first kappa shape index (κ1) is 17.3. The van der Waals surface area contributed by atoms with Crippen LogP contribution in [0.4, 0.5) is 0 Å². The molecule has 3 heterocycles. The number of nitrogens with zero attached hydrogens (tertiary/aromatic N) is 2. The van der Waals surface area contributed by atoms with Crippen LogP contribution in [0.15, 0.2) is 40.6 Å². The van der Waals surface area contributed by atoms with Crippen LogP contribution in [0.1, 0.15) is 5.69 Å². The van der Waals surface area contributed by atoms with E-state index >= 15 is 0 Å². The quantitative estimate of drug-likeness (QED) is 0.538. The minimum Gasteiger partial charge on any atom is -0.477 e. The van der Waals surface area contributed by atoms with Crippen molar-refractivity contribution in [1.82, 2.24) is 9.88 Å². The van der Waals surface area contributed by atoms with Gasteiger partial charge in [0.1, 0.15) is 5.70 Å². The molecule has 11 heteroatoms. The van der Waals surface area contributed by atoms with Gasteiger partial charge in [0, 0.05) is 12.5 Å². The summed E-state index contributed by atoms with van der Waals surface area (Å²) in [6, 6.07) is 4.83. The summed E-state index contributed by atoms with van der Waals surface area (Å²) in [5, 5.41) is 7.79. The number of sulfone groups is 2. The Morgan fingerprint density at radius 1 is 1.40 bits per heavy atom. The molecule has 3 rings (SSSR count). The van der Waals surface area contributed by atoms with Crippen LogP contribution >= 0.6 is 0 Å². The Morgan fingerprint density at radius 3 is 2.60 bits per heavy atom. The largest absolute Gasteiger partial charge is 0.477 e. The summed E-state index contributed by atoms with van der Waals surface area (Å²) in [5.74, 6) is -3.52. The number of carbonyl (C=O) groups excluding carboxylic acids is 1. The van der Waals surface area contributed by atoms with E-state index in [1.54, 1.807) is 18.2 Å². The third-order valence-electron chi connectivity index (χ3n) is 3.79. The van der Waals surface area contributed by atoms with Gasteiger partial charge in [-0.1, -0.05) is 6.07 Å². The molecule has 1 atom stereocenters. The molecule has 0 spiro atoms. The average molecular weight is 384 g/mol. The van der Waals surface area contributed by atoms with Gasteiger partial charge in [0.05, 0.1) is 21.9 Å². The zero-order valence-corrected chi connectivity index (χ0v) is 14.4. The lowest BCUT2D eigenvalue weighted by molar-refractivity contribution is -0.141. The van der Waals surface area contributed by atoms with E-state index in [2.05, 4.69) is 4.98 Å². The predicted octanol–water partition coefficient (Wildman–Crippen LogP) is -0.598. The number of pyridine rings is 1. The number of β-lactam (4-membered cyclic amide) rings is 1. The van der Waals surface area contributed by atoms with E-state index in [0.29, 0.717) is 16.8 Å². The first-order valence-electron chi connectivity index (χ1n) is 6.88. The third kappa shape index (κ3) is 2.74. The van der Waals surface area contributed by atoms with E-state index in [1.165, 1.54) is 12.3 Å². The molecule has 1 aromatic rings. The fraction of sp³-hybridized carbons (Fsp3) is 0.214. The Bertz CT molecular complexity index is 1050. The van der Waals surface area contributed by atoms with Crippen LogP contribution in [0.5, 0.6) is 0 Å². The van der Waals surface area contributed by atoms with Crippen molar-refractivity contribution in [1.29, 1.82) is 0 Å². The second-order valence-corrected chi connectivity index (χ2v) is 9.64. The van der Waals surface area contributed by atoms with Crippen molar-refractivity contribution in [2.45, 2.75) is 5.37 Å². The van der Waals surface area contributed by atoms with Gasteiger partial charge in [0.2, 0.25) is 0 Å². The van der Waals surface area contributed by atoms with E-state index < -0.39 is 53.3 Å². The van der Waals surface area contributed by atoms with Crippen LogP contribution < -0.4 is 0 Å². The third-order valence-corrected chi connectivity index (χ3v) is 7.04. The van der Waals surface area contributed by atoms with Gasteiger partial charge in [-0.2, -0.15) is 0 Å². The second kappa shape index (κ2) is 5.49. The topological polar surface area (TPSA) is 139 Å².